The van der Waals surface area contributed by atoms with E-state index in [2.05, 4.69) is 15.4 Å². The Morgan fingerprint density at radius 2 is 1.96 bits per heavy atom. The van der Waals surface area contributed by atoms with E-state index >= 15 is 0 Å². The Hall–Kier alpha value is -3.02. The number of rotatable bonds is 4. The van der Waals surface area contributed by atoms with Gasteiger partial charge in [-0.15, -0.1) is 5.10 Å². The maximum atomic E-state index is 13.3. The van der Waals surface area contributed by atoms with Gasteiger partial charge in [-0.2, -0.15) is 10.3 Å². The summed E-state index contributed by atoms with van der Waals surface area (Å²) in [5.41, 5.74) is 3.95. The molecule has 122 valence electrons. The fourth-order valence-corrected chi connectivity index (χ4v) is 2.56. The Morgan fingerprint density at radius 3 is 2.71 bits per heavy atom. The van der Waals surface area contributed by atoms with Crippen LogP contribution in [0, 0.1) is 12.7 Å². The minimum atomic E-state index is -0.524. The molecule has 0 saturated heterocycles. The van der Waals surface area contributed by atoms with Gasteiger partial charge in [0.1, 0.15) is 11.5 Å². The lowest BCUT2D eigenvalue weighted by molar-refractivity contribution is 0.0520. The van der Waals surface area contributed by atoms with Crippen LogP contribution in [0.5, 0.6) is 0 Å². The molecule has 0 aliphatic carbocycles. The van der Waals surface area contributed by atoms with Crippen LogP contribution in [0.25, 0.3) is 22.4 Å². The largest absolute Gasteiger partial charge is 0.461 e. The van der Waals surface area contributed by atoms with E-state index in [1.54, 1.807) is 13.0 Å². The molecule has 0 bridgehead atoms. The molecule has 0 amide bonds. The SMILES string of the molecule is CCOC(=O)c1n[nH]nc1-c1cccc(-c2ccc(F)cc2C)c1. The second-order valence-corrected chi connectivity index (χ2v) is 5.28. The maximum absolute atomic E-state index is 13.3. The predicted molar refractivity (Wildman–Crippen MR) is 87.9 cm³/mol. The van der Waals surface area contributed by atoms with E-state index in [1.807, 2.05) is 31.2 Å². The molecule has 5 nitrogen and oxygen atoms in total. The molecule has 0 spiro atoms. The number of hydrogen-bond donors (Lipinski definition) is 1. The number of esters is 1. The fraction of sp³-hybridized carbons (Fsp3) is 0.167. The average molecular weight is 325 g/mol. The molecular weight excluding hydrogens is 309 g/mol. The molecule has 0 aliphatic rings. The number of H-pyrrole nitrogens is 1. The Balaban J connectivity index is 2.03. The monoisotopic (exact) mass is 325 g/mol. The van der Waals surface area contributed by atoms with Gasteiger partial charge in [0.2, 0.25) is 0 Å². The van der Waals surface area contributed by atoms with Crippen molar-refractivity contribution in [3.8, 4) is 22.4 Å². The van der Waals surface area contributed by atoms with Crippen molar-refractivity contribution in [1.82, 2.24) is 15.4 Å². The number of benzene rings is 2. The topological polar surface area (TPSA) is 67.9 Å². The molecule has 3 aromatic rings. The Bertz CT molecular complexity index is 889. The Labute approximate surface area is 138 Å². The number of ether oxygens (including phenoxy) is 1. The lowest BCUT2D eigenvalue weighted by Gasteiger charge is -2.08. The van der Waals surface area contributed by atoms with Crippen LogP contribution in [-0.4, -0.2) is 28.0 Å². The third-order valence-corrected chi connectivity index (χ3v) is 3.65. The zero-order valence-electron chi connectivity index (χ0n) is 13.3. The van der Waals surface area contributed by atoms with E-state index in [9.17, 15) is 9.18 Å². The standard InChI is InChI=1S/C18H16FN3O2/c1-3-24-18(23)17-16(20-22-21-17)13-6-4-5-12(10-13)15-8-7-14(19)9-11(15)2/h4-10H,3H2,1-2H3,(H,20,21,22). The minimum Gasteiger partial charge on any atom is -0.461 e. The molecule has 2 aromatic carbocycles. The van der Waals surface area contributed by atoms with Gasteiger partial charge in [-0.05, 0) is 48.7 Å². The number of nitrogens with one attached hydrogen (secondary N) is 1. The van der Waals surface area contributed by atoms with Crippen molar-refractivity contribution >= 4 is 5.97 Å². The van der Waals surface area contributed by atoms with Gasteiger partial charge in [-0.25, -0.2) is 9.18 Å². The third-order valence-electron chi connectivity index (χ3n) is 3.65. The van der Waals surface area contributed by atoms with E-state index in [0.29, 0.717) is 5.69 Å². The van der Waals surface area contributed by atoms with Gasteiger partial charge in [0.05, 0.1) is 6.61 Å². The minimum absolute atomic E-state index is 0.143. The Kier molecular flexibility index (Phi) is 4.37. The highest BCUT2D eigenvalue weighted by Crippen LogP contribution is 2.29. The van der Waals surface area contributed by atoms with Crippen LogP contribution in [0.15, 0.2) is 42.5 Å². The molecule has 0 saturated carbocycles. The maximum Gasteiger partial charge on any atom is 0.361 e. The summed E-state index contributed by atoms with van der Waals surface area (Å²) in [4.78, 5) is 12.0. The summed E-state index contributed by atoms with van der Waals surface area (Å²) in [5, 5.41) is 10.4. The number of nitrogens with zero attached hydrogens (tertiary/aromatic N) is 2. The van der Waals surface area contributed by atoms with E-state index in [4.69, 9.17) is 4.74 Å². The van der Waals surface area contributed by atoms with Crippen molar-refractivity contribution in [2.75, 3.05) is 6.61 Å². The number of halogens is 1. The van der Waals surface area contributed by atoms with E-state index in [1.165, 1.54) is 12.1 Å². The first-order valence-electron chi connectivity index (χ1n) is 7.55. The molecule has 6 heteroatoms. The number of carbonyl (C=O) groups excluding carboxylic acids is 1. The number of aromatic amines is 1. The zero-order chi connectivity index (χ0) is 17.1. The molecule has 1 aromatic heterocycles. The number of aryl methyl sites for hydroxylation is 1. The van der Waals surface area contributed by atoms with Crippen molar-refractivity contribution in [3.05, 3.63) is 59.5 Å². The zero-order valence-corrected chi connectivity index (χ0v) is 13.3. The summed E-state index contributed by atoms with van der Waals surface area (Å²) in [6, 6.07) is 12.2. The van der Waals surface area contributed by atoms with Gasteiger partial charge in [0, 0.05) is 5.56 Å². The van der Waals surface area contributed by atoms with Crippen molar-refractivity contribution in [3.63, 3.8) is 0 Å². The van der Waals surface area contributed by atoms with E-state index in [0.717, 1.165) is 22.3 Å². The van der Waals surface area contributed by atoms with Gasteiger partial charge in [0.25, 0.3) is 0 Å². The Morgan fingerprint density at radius 1 is 1.17 bits per heavy atom. The second kappa shape index (κ2) is 6.62. The third kappa shape index (κ3) is 3.03. The van der Waals surface area contributed by atoms with Crippen molar-refractivity contribution in [1.29, 1.82) is 0 Å². The van der Waals surface area contributed by atoms with Crippen LogP contribution in [-0.2, 0) is 4.74 Å². The molecule has 0 atom stereocenters. The van der Waals surface area contributed by atoms with Crippen LogP contribution >= 0.6 is 0 Å². The summed E-state index contributed by atoms with van der Waals surface area (Å²) < 4.78 is 18.3. The quantitative estimate of drug-likeness (QED) is 0.742. The lowest BCUT2D eigenvalue weighted by Crippen LogP contribution is -2.06. The van der Waals surface area contributed by atoms with E-state index < -0.39 is 5.97 Å². The smallest absolute Gasteiger partial charge is 0.361 e. The highest BCUT2D eigenvalue weighted by Gasteiger charge is 2.19. The average Bonchev–Trinajstić information content (AvgIpc) is 3.05. The fourth-order valence-electron chi connectivity index (χ4n) is 2.56. The molecule has 1 heterocycles. The summed E-state index contributed by atoms with van der Waals surface area (Å²) in [7, 11) is 0. The normalized spacial score (nSPS) is 10.6. The van der Waals surface area contributed by atoms with Crippen molar-refractivity contribution < 1.29 is 13.9 Å². The van der Waals surface area contributed by atoms with Crippen molar-refractivity contribution in [2.24, 2.45) is 0 Å². The highest BCUT2D eigenvalue weighted by atomic mass is 19.1. The van der Waals surface area contributed by atoms with Gasteiger partial charge in [-0.3, -0.25) is 0 Å². The van der Waals surface area contributed by atoms with Crippen molar-refractivity contribution in [2.45, 2.75) is 13.8 Å². The van der Waals surface area contributed by atoms with E-state index in [-0.39, 0.29) is 18.1 Å². The van der Waals surface area contributed by atoms with Gasteiger partial charge in [0.15, 0.2) is 5.69 Å². The molecule has 0 fully saturated rings. The lowest BCUT2D eigenvalue weighted by atomic mass is 9.97. The summed E-state index contributed by atoms with van der Waals surface area (Å²) >= 11 is 0. The molecule has 1 N–H and O–H groups in total. The predicted octanol–water partition coefficient (Wildman–Crippen LogP) is 3.76. The van der Waals surface area contributed by atoms with Gasteiger partial charge >= 0.3 is 5.97 Å². The van der Waals surface area contributed by atoms with Crippen LogP contribution in [0.4, 0.5) is 4.39 Å². The van der Waals surface area contributed by atoms with Crippen LogP contribution < -0.4 is 0 Å². The summed E-state index contributed by atoms with van der Waals surface area (Å²) in [5.74, 6) is -0.793. The first-order valence-corrected chi connectivity index (χ1v) is 7.55. The van der Waals surface area contributed by atoms with Gasteiger partial charge in [-0.1, -0.05) is 24.3 Å². The molecule has 0 radical (unpaired) electrons. The summed E-state index contributed by atoms with van der Waals surface area (Å²) in [6.07, 6.45) is 0. The second-order valence-electron chi connectivity index (χ2n) is 5.28. The first kappa shape index (κ1) is 15.9. The molecule has 3 rings (SSSR count). The molecular formula is C18H16FN3O2. The van der Waals surface area contributed by atoms with Crippen LogP contribution in [0.2, 0.25) is 0 Å². The summed E-state index contributed by atoms with van der Waals surface area (Å²) in [6.45, 7) is 3.85. The van der Waals surface area contributed by atoms with Gasteiger partial charge < -0.3 is 4.74 Å². The molecule has 0 aliphatic heterocycles. The van der Waals surface area contributed by atoms with Crippen LogP contribution in [0.3, 0.4) is 0 Å². The first-order chi connectivity index (χ1) is 11.6. The number of aromatic nitrogens is 3. The molecule has 0 unspecified atom stereocenters. The molecule has 24 heavy (non-hydrogen) atoms. The highest BCUT2D eigenvalue weighted by molar-refractivity contribution is 5.94. The number of carbonyl (C=O) groups is 1. The number of hydrogen-bond acceptors (Lipinski definition) is 4. The van der Waals surface area contributed by atoms with Crippen LogP contribution in [0.1, 0.15) is 23.0 Å².